The molecule has 2 aromatic heterocycles. The van der Waals surface area contributed by atoms with Gasteiger partial charge in [-0.15, -0.1) is 0 Å². The number of anilines is 3. The molecule has 3 aromatic rings. The molecule has 0 aliphatic carbocycles. The monoisotopic (exact) mass is 406 g/mol. The summed E-state index contributed by atoms with van der Waals surface area (Å²) in [6.45, 7) is 1.74. The van der Waals surface area contributed by atoms with E-state index in [-0.39, 0.29) is 24.1 Å². The molecule has 1 amide bonds. The first-order valence-corrected chi connectivity index (χ1v) is 9.26. The summed E-state index contributed by atoms with van der Waals surface area (Å²) in [5, 5.41) is 5.69. The largest absolute Gasteiger partial charge is 0.353 e. The van der Waals surface area contributed by atoms with Crippen LogP contribution < -0.4 is 27.9 Å². The summed E-state index contributed by atoms with van der Waals surface area (Å²) in [5.41, 5.74) is 3.66. The van der Waals surface area contributed by atoms with E-state index in [1.165, 1.54) is 22.8 Å². The minimum atomic E-state index is -0.362. The van der Waals surface area contributed by atoms with E-state index in [9.17, 15) is 9.59 Å². The number of carbonyl (C=O) groups excluding carboxylic acids is 2. The lowest BCUT2D eigenvalue weighted by Gasteiger charge is -2.22. The highest BCUT2D eigenvalue weighted by Crippen LogP contribution is 2.39. The normalized spacial score (nSPS) is 13.8. The van der Waals surface area contributed by atoms with Crippen molar-refractivity contribution >= 4 is 28.9 Å². The Morgan fingerprint density at radius 1 is 1.17 bits per heavy atom. The second-order valence-electron chi connectivity index (χ2n) is 7.03. The second kappa shape index (κ2) is 7.59. The molecule has 30 heavy (non-hydrogen) atoms. The van der Waals surface area contributed by atoms with Crippen molar-refractivity contribution in [1.29, 1.82) is 0 Å². The highest BCUT2D eigenvalue weighted by atomic mass is 16.2. The van der Waals surface area contributed by atoms with E-state index < -0.39 is 0 Å². The molecule has 0 bridgehead atoms. The topological polar surface area (TPSA) is 149 Å². The number of hydrogen-bond donors (Lipinski definition) is 4. The summed E-state index contributed by atoms with van der Waals surface area (Å²) in [6.07, 6.45) is 1.53. The average molecular weight is 406 g/mol. The van der Waals surface area contributed by atoms with Crippen LogP contribution in [0.25, 0.3) is 11.3 Å². The minimum Gasteiger partial charge on any atom is -0.353 e. The third-order valence-electron chi connectivity index (χ3n) is 4.93. The summed E-state index contributed by atoms with van der Waals surface area (Å²) in [6, 6.07) is 12.8. The maximum atomic E-state index is 12.9. The van der Waals surface area contributed by atoms with Gasteiger partial charge in [-0.1, -0.05) is 18.2 Å². The fraction of sp³-hybridized carbons (Fsp3) is 0.150. The SMILES string of the molecule is CC(=O)N(N)c1cc(-c2c(Nc3ccccc3)c3c(n2N)CN(N)CC3=O)ccn1. The number of Topliss-reactive ketones (excluding diaryl/α,β-unsaturated/α-hetero) is 1. The zero-order valence-electron chi connectivity index (χ0n) is 16.4. The lowest BCUT2D eigenvalue weighted by molar-refractivity contribution is -0.116. The zero-order valence-corrected chi connectivity index (χ0v) is 16.4. The maximum Gasteiger partial charge on any atom is 0.239 e. The first kappa shape index (κ1) is 19.6. The van der Waals surface area contributed by atoms with E-state index in [0.29, 0.717) is 34.7 Å². The molecule has 0 saturated heterocycles. The molecule has 0 unspecified atom stereocenters. The van der Waals surface area contributed by atoms with Gasteiger partial charge in [0.2, 0.25) is 5.91 Å². The van der Waals surface area contributed by atoms with E-state index in [2.05, 4.69) is 10.3 Å². The van der Waals surface area contributed by atoms with Crippen molar-refractivity contribution in [1.82, 2.24) is 14.7 Å². The zero-order chi connectivity index (χ0) is 21.4. The molecule has 0 radical (unpaired) electrons. The third kappa shape index (κ3) is 3.39. The Morgan fingerprint density at radius 3 is 2.60 bits per heavy atom. The van der Waals surface area contributed by atoms with Crippen LogP contribution in [0.3, 0.4) is 0 Å². The maximum absolute atomic E-state index is 12.9. The molecule has 0 fully saturated rings. The van der Waals surface area contributed by atoms with Gasteiger partial charge in [0.25, 0.3) is 0 Å². The summed E-state index contributed by atoms with van der Waals surface area (Å²) < 4.78 is 1.45. The van der Waals surface area contributed by atoms with Crippen LogP contribution >= 0.6 is 0 Å². The number of ketones is 1. The van der Waals surface area contributed by atoms with Gasteiger partial charge in [0.1, 0.15) is 5.82 Å². The Kier molecular flexibility index (Phi) is 4.96. The number of carbonyl (C=O) groups is 2. The fourth-order valence-corrected chi connectivity index (χ4v) is 3.54. The number of nitrogens with two attached hydrogens (primary N) is 3. The number of nitrogens with one attached hydrogen (secondary N) is 1. The molecular weight excluding hydrogens is 384 g/mol. The Morgan fingerprint density at radius 2 is 1.90 bits per heavy atom. The van der Waals surface area contributed by atoms with Gasteiger partial charge in [0.15, 0.2) is 5.78 Å². The van der Waals surface area contributed by atoms with Crippen molar-refractivity contribution in [2.75, 3.05) is 22.7 Å². The minimum absolute atomic E-state index is 0.0857. The van der Waals surface area contributed by atoms with Crippen molar-refractivity contribution in [3.05, 3.63) is 59.9 Å². The van der Waals surface area contributed by atoms with Crippen molar-refractivity contribution in [3.8, 4) is 11.3 Å². The van der Waals surface area contributed by atoms with Crippen LogP contribution in [0.4, 0.5) is 17.2 Å². The number of nitrogens with zero attached hydrogens (tertiary/aromatic N) is 4. The van der Waals surface area contributed by atoms with Crippen molar-refractivity contribution < 1.29 is 9.59 Å². The molecule has 0 atom stereocenters. The molecule has 1 aliphatic heterocycles. The van der Waals surface area contributed by atoms with E-state index in [1.807, 2.05) is 30.3 Å². The lowest BCUT2D eigenvalue weighted by Crippen LogP contribution is -2.41. The number of pyridine rings is 1. The molecule has 1 aliphatic rings. The average Bonchev–Trinajstić information content (AvgIpc) is 3.00. The number of nitrogen functional groups attached to an aromatic ring is 1. The molecular formula is C20H22N8O2. The summed E-state index contributed by atoms with van der Waals surface area (Å²) in [5.74, 6) is 17.9. The van der Waals surface area contributed by atoms with Crippen molar-refractivity contribution in [2.24, 2.45) is 11.7 Å². The van der Waals surface area contributed by atoms with Crippen molar-refractivity contribution in [2.45, 2.75) is 13.5 Å². The van der Waals surface area contributed by atoms with Crippen LogP contribution in [-0.4, -0.2) is 32.9 Å². The third-order valence-corrected chi connectivity index (χ3v) is 4.93. The smallest absolute Gasteiger partial charge is 0.239 e. The molecule has 0 saturated carbocycles. The van der Waals surface area contributed by atoms with Gasteiger partial charge in [-0.25, -0.2) is 20.8 Å². The summed E-state index contributed by atoms with van der Waals surface area (Å²) >= 11 is 0. The van der Waals surface area contributed by atoms with Gasteiger partial charge >= 0.3 is 0 Å². The van der Waals surface area contributed by atoms with Crippen LogP contribution in [0, 0.1) is 0 Å². The summed E-state index contributed by atoms with van der Waals surface area (Å²) in [7, 11) is 0. The number of para-hydroxylation sites is 1. The summed E-state index contributed by atoms with van der Waals surface area (Å²) in [4.78, 5) is 28.7. The number of hydrogen-bond acceptors (Lipinski definition) is 8. The van der Waals surface area contributed by atoms with Crippen LogP contribution in [0.1, 0.15) is 23.0 Å². The lowest BCUT2D eigenvalue weighted by atomic mass is 10.0. The molecule has 1 aromatic carbocycles. The molecule has 10 nitrogen and oxygen atoms in total. The van der Waals surface area contributed by atoms with Crippen LogP contribution in [-0.2, 0) is 11.3 Å². The predicted octanol–water partition coefficient (Wildman–Crippen LogP) is 1.11. The van der Waals surface area contributed by atoms with Gasteiger partial charge < -0.3 is 11.2 Å². The first-order chi connectivity index (χ1) is 14.4. The van der Waals surface area contributed by atoms with Gasteiger partial charge in [-0.05, 0) is 24.3 Å². The highest BCUT2D eigenvalue weighted by molar-refractivity contribution is 6.08. The first-order valence-electron chi connectivity index (χ1n) is 9.26. The number of fused-ring (bicyclic) bond motifs is 1. The molecule has 3 heterocycles. The highest BCUT2D eigenvalue weighted by Gasteiger charge is 2.32. The Bertz CT molecular complexity index is 1130. The number of rotatable bonds is 4. The molecule has 7 N–H and O–H groups in total. The Hall–Kier alpha value is -3.73. The quantitative estimate of drug-likeness (QED) is 0.286. The van der Waals surface area contributed by atoms with E-state index in [0.717, 1.165) is 10.7 Å². The number of benzene rings is 1. The van der Waals surface area contributed by atoms with Gasteiger partial charge in [0, 0.05) is 24.4 Å². The van der Waals surface area contributed by atoms with Crippen LogP contribution in [0.15, 0.2) is 48.7 Å². The number of aromatic nitrogens is 2. The number of amides is 1. The fourth-order valence-electron chi connectivity index (χ4n) is 3.54. The van der Waals surface area contributed by atoms with Crippen molar-refractivity contribution in [3.63, 3.8) is 0 Å². The second-order valence-corrected chi connectivity index (χ2v) is 7.03. The van der Waals surface area contributed by atoms with Crippen LogP contribution in [0.5, 0.6) is 0 Å². The number of hydrazine groups is 2. The van der Waals surface area contributed by atoms with E-state index in [4.69, 9.17) is 17.5 Å². The Balaban J connectivity index is 1.91. The van der Waals surface area contributed by atoms with Gasteiger partial charge in [-0.2, -0.15) is 0 Å². The van der Waals surface area contributed by atoms with E-state index in [1.54, 1.807) is 12.1 Å². The standard InChI is InChI=1S/C20H22N8O2/c1-12(29)27(22)17-9-13(7-8-24-17)20-19(25-14-5-3-2-4-6-14)18-15(28(20)23)10-26(21)11-16(18)30/h2-9,25H,10-11,21-23H2,1H3. The molecule has 4 rings (SSSR count). The predicted molar refractivity (Wildman–Crippen MR) is 114 cm³/mol. The van der Waals surface area contributed by atoms with Gasteiger partial charge in [0.05, 0.1) is 35.7 Å². The molecule has 0 spiro atoms. The molecule has 154 valence electrons. The van der Waals surface area contributed by atoms with Gasteiger partial charge in [-0.3, -0.25) is 20.1 Å². The van der Waals surface area contributed by atoms with Crippen LogP contribution in [0.2, 0.25) is 0 Å². The van der Waals surface area contributed by atoms with E-state index >= 15 is 0 Å². The molecule has 10 heteroatoms. The Labute approximate surface area is 172 Å².